The molecule has 0 aliphatic heterocycles. The second-order valence-corrected chi connectivity index (χ2v) is 8.44. The number of halogens is 1. The Morgan fingerprint density at radius 1 is 1.12 bits per heavy atom. The highest BCUT2D eigenvalue weighted by Gasteiger charge is 2.18. The van der Waals surface area contributed by atoms with Crippen LogP contribution in [0.4, 0.5) is 22.0 Å². The van der Waals surface area contributed by atoms with Crippen molar-refractivity contribution in [1.82, 2.24) is 15.0 Å². The third kappa shape index (κ3) is 6.89. The lowest BCUT2D eigenvalue weighted by molar-refractivity contribution is -0.117. The number of ether oxygens (including phenoxy) is 1. The molecule has 0 saturated carbocycles. The summed E-state index contributed by atoms with van der Waals surface area (Å²) in [5.74, 6) is 0.423. The monoisotopic (exact) mass is 456 g/mol. The first-order valence-corrected chi connectivity index (χ1v) is 10.8. The third-order valence-electron chi connectivity index (χ3n) is 4.26. The first-order chi connectivity index (χ1) is 15.3. The molecule has 10 heteroatoms. The topological polar surface area (TPSA) is 115 Å². The Hall–Kier alpha value is -3.24. The highest BCUT2D eigenvalue weighted by atomic mass is 32.2. The molecule has 1 atom stereocenters. The van der Waals surface area contributed by atoms with Crippen molar-refractivity contribution in [3.05, 3.63) is 54.3 Å². The fraction of sp³-hybridized carbons (Fsp3) is 0.273. The summed E-state index contributed by atoms with van der Waals surface area (Å²) in [5, 5.41) is 5.95. The van der Waals surface area contributed by atoms with E-state index in [1.54, 1.807) is 19.2 Å². The fourth-order valence-electron chi connectivity index (χ4n) is 2.78. The van der Waals surface area contributed by atoms with E-state index < -0.39 is 11.9 Å². The number of nitrogens with zero attached hydrogens (tertiary/aromatic N) is 3. The summed E-state index contributed by atoms with van der Waals surface area (Å²) >= 11 is 1.28. The first kappa shape index (κ1) is 23.4. The van der Waals surface area contributed by atoms with Crippen LogP contribution in [0.3, 0.4) is 0 Å². The maximum absolute atomic E-state index is 13.6. The van der Waals surface area contributed by atoms with Gasteiger partial charge in [-0.05, 0) is 66.6 Å². The summed E-state index contributed by atoms with van der Waals surface area (Å²) in [5.41, 5.74) is 6.44. The highest BCUT2D eigenvalue weighted by molar-refractivity contribution is 7.99. The number of aromatic nitrogens is 3. The van der Waals surface area contributed by atoms with Gasteiger partial charge in [0, 0.05) is 10.6 Å². The molecule has 3 aromatic rings. The first-order valence-electron chi connectivity index (χ1n) is 9.99. The Labute approximate surface area is 190 Å². The second kappa shape index (κ2) is 10.9. The van der Waals surface area contributed by atoms with Gasteiger partial charge >= 0.3 is 0 Å². The van der Waals surface area contributed by atoms with Crippen LogP contribution in [0, 0.1) is 11.7 Å². The smallest absolute Gasteiger partial charge is 0.243 e. The number of anilines is 3. The second-order valence-electron chi connectivity index (χ2n) is 7.40. The van der Waals surface area contributed by atoms with Crippen LogP contribution in [0.25, 0.3) is 0 Å². The molecule has 0 radical (unpaired) electrons. The molecule has 1 aromatic heterocycles. The molecule has 1 heterocycles. The molecule has 3 rings (SSSR count). The summed E-state index contributed by atoms with van der Waals surface area (Å²) in [7, 11) is 1.59. The highest BCUT2D eigenvalue weighted by Crippen LogP contribution is 2.28. The van der Waals surface area contributed by atoms with E-state index in [1.807, 2.05) is 38.1 Å². The predicted molar refractivity (Wildman–Crippen MR) is 123 cm³/mol. The Kier molecular flexibility index (Phi) is 7.96. The predicted octanol–water partition coefficient (Wildman–Crippen LogP) is 4.23. The molecule has 0 saturated heterocycles. The number of nitrogens with two attached hydrogens (primary N) is 1. The van der Waals surface area contributed by atoms with Gasteiger partial charge in [-0.3, -0.25) is 10.1 Å². The lowest BCUT2D eigenvalue weighted by atomic mass is 10.0. The molecule has 0 fully saturated rings. The van der Waals surface area contributed by atoms with Gasteiger partial charge in [0.05, 0.1) is 13.2 Å². The number of amides is 1. The van der Waals surface area contributed by atoms with Crippen molar-refractivity contribution in [2.75, 3.05) is 17.7 Å². The van der Waals surface area contributed by atoms with Crippen LogP contribution in [-0.2, 0) is 4.79 Å². The quantitative estimate of drug-likeness (QED) is 0.438. The Morgan fingerprint density at radius 3 is 2.50 bits per heavy atom. The van der Waals surface area contributed by atoms with Gasteiger partial charge in [-0.25, -0.2) is 4.39 Å². The summed E-state index contributed by atoms with van der Waals surface area (Å²) in [6, 6.07) is 12.6. The van der Waals surface area contributed by atoms with Crippen LogP contribution >= 0.6 is 11.8 Å². The molecule has 4 N–H and O–H groups in total. The van der Waals surface area contributed by atoms with Crippen molar-refractivity contribution < 1.29 is 13.9 Å². The van der Waals surface area contributed by atoms with Crippen LogP contribution in [0.2, 0.25) is 0 Å². The van der Waals surface area contributed by atoms with Crippen molar-refractivity contribution in [2.45, 2.75) is 36.4 Å². The third-order valence-corrected chi connectivity index (χ3v) is 5.13. The van der Waals surface area contributed by atoms with E-state index in [2.05, 4.69) is 25.6 Å². The van der Waals surface area contributed by atoms with E-state index in [1.165, 1.54) is 23.9 Å². The summed E-state index contributed by atoms with van der Waals surface area (Å²) in [4.78, 5) is 26.3. The molecular formula is C22H25FN6O2S. The average molecular weight is 457 g/mol. The van der Waals surface area contributed by atoms with Crippen LogP contribution in [0.15, 0.2) is 58.6 Å². The molecular weight excluding hydrogens is 431 g/mol. The van der Waals surface area contributed by atoms with Crippen LogP contribution in [0.1, 0.15) is 20.3 Å². The number of hydrogen-bond acceptors (Lipinski definition) is 8. The van der Waals surface area contributed by atoms with E-state index in [4.69, 9.17) is 10.5 Å². The molecule has 0 unspecified atom stereocenters. The molecule has 1 amide bonds. The van der Waals surface area contributed by atoms with Crippen LogP contribution < -0.4 is 21.1 Å². The van der Waals surface area contributed by atoms with Crippen LogP contribution in [0.5, 0.6) is 5.75 Å². The summed E-state index contributed by atoms with van der Waals surface area (Å²) in [6.07, 6.45) is 0.527. The number of rotatable bonds is 9. The zero-order chi connectivity index (χ0) is 23.1. The van der Waals surface area contributed by atoms with Gasteiger partial charge in [0.15, 0.2) is 5.16 Å². The Bertz CT molecular complexity index is 1060. The van der Waals surface area contributed by atoms with Crippen molar-refractivity contribution in [3.63, 3.8) is 0 Å². The van der Waals surface area contributed by atoms with Crippen molar-refractivity contribution in [1.29, 1.82) is 0 Å². The van der Waals surface area contributed by atoms with E-state index in [-0.39, 0.29) is 23.7 Å². The number of carbonyl (C=O) groups excluding carboxylic acids is 1. The van der Waals surface area contributed by atoms with Gasteiger partial charge in [0.25, 0.3) is 0 Å². The van der Waals surface area contributed by atoms with Crippen LogP contribution in [-0.4, -0.2) is 34.0 Å². The molecule has 0 aliphatic rings. The molecule has 32 heavy (non-hydrogen) atoms. The zero-order valence-electron chi connectivity index (χ0n) is 18.0. The zero-order valence-corrected chi connectivity index (χ0v) is 18.8. The van der Waals surface area contributed by atoms with E-state index in [0.717, 1.165) is 10.6 Å². The van der Waals surface area contributed by atoms with Gasteiger partial charge in [-0.1, -0.05) is 19.9 Å². The standard InChI is InChI=1S/C22H25FN6O2S/c1-13(2)11-18(24)19(30)26-21-27-20(25-15-6-4-5-14(23)12-15)28-22(29-21)32-17-9-7-16(31-3)8-10-17/h4-10,12-13,18H,11,24H2,1-3H3,(H2,25,26,27,28,29,30)/t18-/m0/s1. The minimum atomic E-state index is -0.691. The maximum Gasteiger partial charge on any atom is 0.243 e. The SMILES string of the molecule is COc1ccc(Sc2nc(NC(=O)[C@@H](N)CC(C)C)nc(Nc3cccc(F)c3)n2)cc1. The summed E-state index contributed by atoms with van der Waals surface area (Å²) < 4.78 is 18.7. The molecule has 0 spiro atoms. The Balaban J connectivity index is 1.86. The molecule has 0 bridgehead atoms. The van der Waals surface area contributed by atoms with E-state index in [0.29, 0.717) is 17.3 Å². The minimum absolute atomic E-state index is 0.0547. The van der Waals surface area contributed by atoms with E-state index in [9.17, 15) is 9.18 Å². The van der Waals surface area contributed by atoms with Gasteiger partial charge in [0.1, 0.15) is 11.6 Å². The van der Waals surface area contributed by atoms with Gasteiger partial charge in [0.2, 0.25) is 17.8 Å². The van der Waals surface area contributed by atoms with Gasteiger partial charge in [-0.2, -0.15) is 15.0 Å². The molecule has 0 aliphatic carbocycles. The number of nitrogens with one attached hydrogen (secondary N) is 2. The van der Waals surface area contributed by atoms with Crippen molar-refractivity contribution in [2.24, 2.45) is 11.7 Å². The normalized spacial score (nSPS) is 11.8. The number of benzene rings is 2. The fourth-order valence-corrected chi connectivity index (χ4v) is 3.52. The van der Waals surface area contributed by atoms with Crippen molar-refractivity contribution >= 4 is 35.3 Å². The minimum Gasteiger partial charge on any atom is -0.497 e. The Morgan fingerprint density at radius 2 is 1.84 bits per heavy atom. The van der Waals surface area contributed by atoms with E-state index >= 15 is 0 Å². The van der Waals surface area contributed by atoms with Crippen molar-refractivity contribution in [3.8, 4) is 5.75 Å². The average Bonchev–Trinajstić information content (AvgIpc) is 2.73. The lowest BCUT2D eigenvalue weighted by Crippen LogP contribution is -2.37. The summed E-state index contributed by atoms with van der Waals surface area (Å²) in [6.45, 7) is 3.97. The number of hydrogen-bond donors (Lipinski definition) is 3. The lowest BCUT2D eigenvalue weighted by Gasteiger charge is -2.14. The maximum atomic E-state index is 13.6. The largest absolute Gasteiger partial charge is 0.497 e. The molecule has 2 aromatic carbocycles. The molecule has 168 valence electrons. The van der Waals surface area contributed by atoms with Gasteiger partial charge < -0.3 is 15.8 Å². The number of carbonyl (C=O) groups is 1. The molecule has 8 nitrogen and oxygen atoms in total. The number of methoxy groups -OCH3 is 1. The van der Waals surface area contributed by atoms with Gasteiger partial charge in [-0.15, -0.1) is 0 Å².